The maximum Gasteiger partial charge on any atom is 0.435 e. The lowest BCUT2D eigenvalue weighted by molar-refractivity contribution is -0.141. The molecule has 3 rings (SSSR count). The van der Waals surface area contributed by atoms with Gasteiger partial charge < -0.3 is 0 Å². The number of rotatable bonds is 4. The van der Waals surface area contributed by atoms with Crippen LogP contribution >= 0.6 is 11.3 Å². The molecule has 2 heterocycles. The highest BCUT2D eigenvalue weighted by Gasteiger charge is 2.33. The van der Waals surface area contributed by atoms with Crippen molar-refractivity contribution in [3.63, 3.8) is 0 Å². The summed E-state index contributed by atoms with van der Waals surface area (Å²) in [6.07, 6.45) is -3.56. The molecule has 0 aliphatic heterocycles. The molecule has 0 saturated heterocycles. The number of nitrogens with one attached hydrogen (secondary N) is 2. The number of carbonyl (C=O) groups excluding carboxylic acids is 2. The average Bonchev–Trinajstić information content (AvgIpc) is 3.27. The summed E-state index contributed by atoms with van der Waals surface area (Å²) < 4.78 is 38.3. The average molecular weight is 409 g/mol. The van der Waals surface area contributed by atoms with Gasteiger partial charge in [0.25, 0.3) is 11.8 Å². The Labute approximate surface area is 161 Å². The maximum absolute atomic E-state index is 12.5. The molecule has 146 valence electrons. The van der Waals surface area contributed by atoms with E-state index < -0.39 is 30.2 Å². The predicted octanol–water partition coefficient (Wildman–Crippen LogP) is 2.80. The second kappa shape index (κ2) is 7.80. The second-order valence-corrected chi connectivity index (χ2v) is 6.70. The number of aryl methyl sites for hydroxylation is 1. The highest BCUT2D eigenvalue weighted by atomic mass is 32.1. The zero-order valence-corrected chi connectivity index (χ0v) is 15.3. The third kappa shape index (κ3) is 4.55. The van der Waals surface area contributed by atoms with Crippen LogP contribution in [0.2, 0.25) is 0 Å². The van der Waals surface area contributed by atoms with Gasteiger partial charge in [-0.15, -0.1) is 11.3 Å². The standard InChI is InChI=1S/C17H14F3N5O2S/c1-10-14(28-16(21-10)11-5-3-2-4-6-11)15(27)23-22-13(26)9-25-8-7-12(24-25)17(18,19)20/h2-8H,9H2,1H3,(H,22,26)(H,23,27). The van der Waals surface area contributed by atoms with Crippen LogP contribution in [0.1, 0.15) is 21.1 Å². The van der Waals surface area contributed by atoms with E-state index in [1.165, 1.54) is 11.3 Å². The minimum absolute atomic E-state index is 0.317. The minimum Gasteiger partial charge on any atom is -0.271 e. The number of hydrazine groups is 1. The summed E-state index contributed by atoms with van der Waals surface area (Å²) in [4.78, 5) is 28.8. The van der Waals surface area contributed by atoms with Gasteiger partial charge in [-0.25, -0.2) is 4.98 Å². The van der Waals surface area contributed by atoms with E-state index >= 15 is 0 Å². The van der Waals surface area contributed by atoms with E-state index in [1.54, 1.807) is 6.92 Å². The molecule has 2 aromatic heterocycles. The molecule has 2 amide bonds. The van der Waals surface area contributed by atoms with Gasteiger partial charge in [-0.1, -0.05) is 30.3 Å². The highest BCUT2D eigenvalue weighted by Crippen LogP contribution is 2.28. The minimum atomic E-state index is -4.59. The maximum atomic E-state index is 12.5. The molecule has 0 atom stereocenters. The van der Waals surface area contributed by atoms with E-state index in [1.807, 2.05) is 30.3 Å². The largest absolute Gasteiger partial charge is 0.435 e. The van der Waals surface area contributed by atoms with E-state index in [2.05, 4.69) is 20.9 Å². The van der Waals surface area contributed by atoms with Gasteiger partial charge in [-0.05, 0) is 13.0 Å². The molecular weight excluding hydrogens is 395 g/mol. The van der Waals surface area contributed by atoms with Gasteiger partial charge >= 0.3 is 6.18 Å². The molecule has 0 bridgehead atoms. The number of nitrogens with zero attached hydrogens (tertiary/aromatic N) is 3. The van der Waals surface area contributed by atoms with Crippen LogP contribution in [0.5, 0.6) is 0 Å². The molecule has 11 heteroatoms. The number of thiazole rings is 1. The summed E-state index contributed by atoms with van der Waals surface area (Å²) in [6, 6.07) is 10.1. The van der Waals surface area contributed by atoms with Crippen molar-refractivity contribution < 1.29 is 22.8 Å². The molecule has 28 heavy (non-hydrogen) atoms. The summed E-state index contributed by atoms with van der Waals surface area (Å²) in [5, 5.41) is 3.93. The van der Waals surface area contributed by atoms with Crippen molar-refractivity contribution in [3.05, 3.63) is 58.9 Å². The van der Waals surface area contributed by atoms with Gasteiger partial charge in [0.1, 0.15) is 16.4 Å². The van der Waals surface area contributed by atoms with E-state index in [4.69, 9.17) is 0 Å². The Morgan fingerprint density at radius 1 is 1.14 bits per heavy atom. The Hall–Kier alpha value is -3.21. The topological polar surface area (TPSA) is 88.9 Å². The van der Waals surface area contributed by atoms with E-state index in [0.717, 1.165) is 22.5 Å². The Morgan fingerprint density at radius 2 is 1.86 bits per heavy atom. The highest BCUT2D eigenvalue weighted by molar-refractivity contribution is 7.17. The first kappa shape index (κ1) is 19.5. The fraction of sp³-hybridized carbons (Fsp3) is 0.176. The van der Waals surface area contributed by atoms with Gasteiger partial charge in [0, 0.05) is 11.8 Å². The Bertz CT molecular complexity index is 998. The zero-order valence-electron chi connectivity index (χ0n) is 14.4. The normalized spacial score (nSPS) is 11.3. The fourth-order valence-electron chi connectivity index (χ4n) is 2.28. The SMILES string of the molecule is Cc1nc(-c2ccccc2)sc1C(=O)NNC(=O)Cn1ccc(C(F)(F)F)n1. The molecule has 0 unspecified atom stereocenters. The van der Waals surface area contributed by atoms with Crippen molar-refractivity contribution >= 4 is 23.2 Å². The summed E-state index contributed by atoms with van der Waals surface area (Å²) in [5.74, 6) is -1.29. The molecular formula is C17H14F3N5O2S. The van der Waals surface area contributed by atoms with Crippen molar-refractivity contribution in [2.24, 2.45) is 0 Å². The van der Waals surface area contributed by atoms with Crippen LogP contribution in [0.3, 0.4) is 0 Å². The molecule has 1 aromatic carbocycles. The van der Waals surface area contributed by atoms with Crippen molar-refractivity contribution in [1.29, 1.82) is 0 Å². The molecule has 0 aliphatic rings. The zero-order chi connectivity index (χ0) is 20.3. The summed E-state index contributed by atoms with van der Waals surface area (Å²) >= 11 is 1.17. The van der Waals surface area contributed by atoms with Crippen molar-refractivity contribution in [2.45, 2.75) is 19.6 Å². The first-order valence-electron chi connectivity index (χ1n) is 7.96. The van der Waals surface area contributed by atoms with Crippen molar-refractivity contribution in [2.75, 3.05) is 0 Å². The molecule has 0 saturated carbocycles. The lowest BCUT2D eigenvalue weighted by atomic mass is 10.2. The number of alkyl halides is 3. The Morgan fingerprint density at radius 3 is 2.50 bits per heavy atom. The van der Waals surface area contributed by atoms with Gasteiger partial charge in [0.15, 0.2) is 5.69 Å². The van der Waals surface area contributed by atoms with Crippen LogP contribution in [0.15, 0.2) is 42.6 Å². The number of benzene rings is 1. The number of aromatic nitrogens is 3. The predicted molar refractivity (Wildman–Crippen MR) is 95.1 cm³/mol. The van der Waals surface area contributed by atoms with E-state index in [9.17, 15) is 22.8 Å². The first-order valence-corrected chi connectivity index (χ1v) is 8.78. The molecule has 0 spiro atoms. The first-order chi connectivity index (χ1) is 13.2. The molecule has 7 nitrogen and oxygen atoms in total. The van der Waals surface area contributed by atoms with Gasteiger partial charge in [-0.3, -0.25) is 25.1 Å². The molecule has 3 aromatic rings. The second-order valence-electron chi connectivity index (χ2n) is 5.70. The summed E-state index contributed by atoms with van der Waals surface area (Å²) in [5.41, 5.74) is 4.64. The Balaban J connectivity index is 1.59. The van der Waals surface area contributed by atoms with Crippen LogP contribution in [-0.4, -0.2) is 26.6 Å². The van der Waals surface area contributed by atoms with E-state index in [-0.39, 0.29) is 0 Å². The van der Waals surface area contributed by atoms with Gasteiger partial charge in [0.2, 0.25) is 0 Å². The number of carbonyl (C=O) groups is 2. The molecule has 0 fully saturated rings. The third-order valence-electron chi connectivity index (χ3n) is 3.58. The smallest absolute Gasteiger partial charge is 0.271 e. The van der Waals surface area contributed by atoms with E-state index in [0.29, 0.717) is 15.6 Å². The van der Waals surface area contributed by atoms with Crippen LogP contribution < -0.4 is 10.9 Å². The van der Waals surface area contributed by atoms with Crippen LogP contribution in [0.4, 0.5) is 13.2 Å². The lowest BCUT2D eigenvalue weighted by Gasteiger charge is -2.07. The van der Waals surface area contributed by atoms with Crippen molar-refractivity contribution in [1.82, 2.24) is 25.6 Å². The number of amides is 2. The lowest BCUT2D eigenvalue weighted by Crippen LogP contribution is -2.43. The summed E-state index contributed by atoms with van der Waals surface area (Å²) in [6.45, 7) is 1.19. The van der Waals surface area contributed by atoms with Crippen LogP contribution in [0.25, 0.3) is 10.6 Å². The Kier molecular flexibility index (Phi) is 5.45. The van der Waals surface area contributed by atoms with Gasteiger partial charge in [-0.2, -0.15) is 18.3 Å². The van der Waals surface area contributed by atoms with Gasteiger partial charge in [0.05, 0.1) is 5.69 Å². The van der Waals surface area contributed by atoms with Crippen LogP contribution in [0, 0.1) is 6.92 Å². The quantitative estimate of drug-likeness (QED) is 0.649. The molecule has 2 N–H and O–H groups in total. The fourth-order valence-corrected chi connectivity index (χ4v) is 3.25. The molecule has 0 radical (unpaired) electrons. The monoisotopic (exact) mass is 409 g/mol. The number of hydrogen-bond acceptors (Lipinski definition) is 5. The van der Waals surface area contributed by atoms with Crippen LogP contribution in [-0.2, 0) is 17.5 Å². The number of hydrogen-bond donors (Lipinski definition) is 2. The number of halogens is 3. The van der Waals surface area contributed by atoms with Crippen molar-refractivity contribution in [3.8, 4) is 10.6 Å². The third-order valence-corrected chi connectivity index (χ3v) is 4.78. The molecule has 0 aliphatic carbocycles. The summed E-state index contributed by atoms with van der Waals surface area (Å²) in [7, 11) is 0.